The first-order valence-electron chi connectivity index (χ1n) is 7.21. The Bertz CT molecular complexity index is 798. The normalized spacial score (nSPS) is 10.4. The number of hydrogen-bond donors (Lipinski definition) is 3. The van der Waals surface area contributed by atoms with Gasteiger partial charge in [0.25, 0.3) is 5.91 Å². The number of primary amides is 1. The van der Waals surface area contributed by atoms with Gasteiger partial charge in [0.15, 0.2) is 5.11 Å². The highest BCUT2D eigenvalue weighted by molar-refractivity contribution is 7.80. The number of carbonyl (C=O) groups is 2. The van der Waals surface area contributed by atoms with Crippen molar-refractivity contribution >= 4 is 40.9 Å². The van der Waals surface area contributed by atoms with Crippen molar-refractivity contribution in [3.8, 4) is 0 Å². The van der Waals surface area contributed by atoms with Gasteiger partial charge in [0.1, 0.15) is 0 Å². The van der Waals surface area contributed by atoms with E-state index in [9.17, 15) is 9.59 Å². The largest absolute Gasteiger partial charge is 0.366 e. The van der Waals surface area contributed by atoms with Crippen LogP contribution in [0.15, 0.2) is 54.6 Å². The summed E-state index contributed by atoms with van der Waals surface area (Å²) in [7, 11) is 0. The molecule has 0 unspecified atom stereocenters. The lowest BCUT2D eigenvalue weighted by Gasteiger charge is -2.10. The molecule has 24 heavy (non-hydrogen) atoms. The molecule has 0 saturated heterocycles. The van der Waals surface area contributed by atoms with Crippen molar-refractivity contribution in [2.75, 3.05) is 5.32 Å². The van der Waals surface area contributed by atoms with Gasteiger partial charge in [-0.3, -0.25) is 14.9 Å². The number of amides is 2. The predicted molar refractivity (Wildman–Crippen MR) is 99.5 cm³/mol. The maximum atomic E-state index is 11.9. The Morgan fingerprint density at radius 3 is 2.42 bits per heavy atom. The zero-order valence-corrected chi connectivity index (χ0v) is 13.9. The number of carbonyl (C=O) groups excluding carboxylic acids is 2. The van der Waals surface area contributed by atoms with Gasteiger partial charge in [0, 0.05) is 6.08 Å². The van der Waals surface area contributed by atoms with E-state index in [4.69, 9.17) is 18.0 Å². The van der Waals surface area contributed by atoms with Crippen molar-refractivity contribution in [3.05, 3.63) is 71.3 Å². The van der Waals surface area contributed by atoms with Gasteiger partial charge >= 0.3 is 0 Å². The van der Waals surface area contributed by atoms with Crippen LogP contribution in [-0.4, -0.2) is 16.9 Å². The molecular weight excluding hydrogens is 322 g/mol. The first kappa shape index (κ1) is 17.4. The maximum absolute atomic E-state index is 11.9. The van der Waals surface area contributed by atoms with Crippen molar-refractivity contribution < 1.29 is 9.59 Å². The van der Waals surface area contributed by atoms with E-state index < -0.39 is 5.91 Å². The zero-order chi connectivity index (χ0) is 17.5. The molecule has 0 fully saturated rings. The number of rotatable bonds is 4. The molecule has 4 N–H and O–H groups in total. The van der Waals surface area contributed by atoms with E-state index in [1.165, 1.54) is 6.08 Å². The number of anilines is 1. The molecule has 0 saturated carbocycles. The lowest BCUT2D eigenvalue weighted by Crippen LogP contribution is -2.33. The van der Waals surface area contributed by atoms with Crippen LogP contribution >= 0.6 is 12.2 Å². The Morgan fingerprint density at radius 2 is 1.75 bits per heavy atom. The molecule has 2 rings (SSSR count). The summed E-state index contributed by atoms with van der Waals surface area (Å²) in [5.74, 6) is -0.948. The predicted octanol–water partition coefficient (Wildman–Crippen LogP) is 2.62. The summed E-state index contributed by atoms with van der Waals surface area (Å²) < 4.78 is 0. The molecule has 0 aliphatic rings. The van der Waals surface area contributed by atoms with Crippen LogP contribution in [-0.2, 0) is 4.79 Å². The fourth-order valence-corrected chi connectivity index (χ4v) is 2.17. The molecule has 0 aliphatic carbocycles. The summed E-state index contributed by atoms with van der Waals surface area (Å²) >= 11 is 5.08. The van der Waals surface area contributed by atoms with E-state index in [1.807, 2.05) is 31.2 Å². The fraction of sp³-hybridized carbons (Fsp3) is 0.0556. The van der Waals surface area contributed by atoms with Crippen LogP contribution in [0.1, 0.15) is 21.5 Å². The number of nitrogens with one attached hydrogen (secondary N) is 2. The molecule has 0 spiro atoms. The van der Waals surface area contributed by atoms with Crippen LogP contribution in [0.3, 0.4) is 0 Å². The van der Waals surface area contributed by atoms with Crippen LogP contribution in [0.4, 0.5) is 5.69 Å². The second-order valence-electron chi connectivity index (χ2n) is 5.10. The number of hydrogen-bond acceptors (Lipinski definition) is 3. The standard InChI is InChI=1S/C18H17N3O2S/c1-12-6-8-13(9-7-12)10-11-16(22)21-18(24)20-15-5-3-2-4-14(15)17(19)23/h2-11H,1H3,(H2,19,23)(H2,20,21,22,24)/b11-10+. The summed E-state index contributed by atoms with van der Waals surface area (Å²) in [4.78, 5) is 23.2. The zero-order valence-electron chi connectivity index (χ0n) is 13.1. The molecule has 2 amide bonds. The van der Waals surface area contributed by atoms with Gasteiger partial charge in [0.2, 0.25) is 5.91 Å². The van der Waals surface area contributed by atoms with Gasteiger partial charge in [0.05, 0.1) is 11.3 Å². The van der Waals surface area contributed by atoms with E-state index >= 15 is 0 Å². The number of benzene rings is 2. The van der Waals surface area contributed by atoms with Crippen molar-refractivity contribution in [2.45, 2.75) is 6.92 Å². The average Bonchev–Trinajstić information content (AvgIpc) is 2.54. The van der Waals surface area contributed by atoms with Crippen LogP contribution in [0, 0.1) is 6.92 Å². The van der Waals surface area contributed by atoms with Gasteiger partial charge < -0.3 is 11.1 Å². The van der Waals surface area contributed by atoms with Crippen molar-refractivity contribution in [3.63, 3.8) is 0 Å². The topological polar surface area (TPSA) is 84.2 Å². The lowest BCUT2D eigenvalue weighted by molar-refractivity contribution is -0.115. The first-order valence-corrected chi connectivity index (χ1v) is 7.62. The Kier molecular flexibility index (Phi) is 5.81. The molecule has 0 heterocycles. The van der Waals surface area contributed by atoms with Crippen molar-refractivity contribution in [1.29, 1.82) is 0 Å². The fourth-order valence-electron chi connectivity index (χ4n) is 1.96. The highest BCUT2D eigenvalue weighted by atomic mass is 32.1. The van der Waals surface area contributed by atoms with Gasteiger partial charge in [-0.1, -0.05) is 42.0 Å². The summed E-state index contributed by atoms with van der Waals surface area (Å²) in [6.45, 7) is 1.99. The van der Waals surface area contributed by atoms with E-state index in [0.717, 1.165) is 11.1 Å². The quantitative estimate of drug-likeness (QED) is 0.590. The molecule has 0 atom stereocenters. The minimum atomic E-state index is -0.577. The summed E-state index contributed by atoms with van der Waals surface area (Å²) in [5.41, 5.74) is 8.09. The number of aryl methyl sites for hydroxylation is 1. The van der Waals surface area contributed by atoms with E-state index in [1.54, 1.807) is 30.3 Å². The second kappa shape index (κ2) is 8.03. The van der Waals surface area contributed by atoms with Gasteiger partial charge in [-0.25, -0.2) is 0 Å². The Labute approximate surface area is 145 Å². The van der Waals surface area contributed by atoms with Crippen LogP contribution in [0.5, 0.6) is 0 Å². The Morgan fingerprint density at radius 1 is 1.08 bits per heavy atom. The third kappa shape index (κ3) is 5.03. The Hall–Kier alpha value is -2.99. The molecule has 0 aliphatic heterocycles. The molecule has 6 heteroatoms. The van der Waals surface area contributed by atoms with Gasteiger partial charge in [-0.05, 0) is 42.9 Å². The molecule has 2 aromatic rings. The molecule has 0 radical (unpaired) electrons. The van der Waals surface area contributed by atoms with Gasteiger partial charge in [-0.15, -0.1) is 0 Å². The highest BCUT2D eigenvalue weighted by Gasteiger charge is 2.09. The third-order valence-electron chi connectivity index (χ3n) is 3.18. The highest BCUT2D eigenvalue weighted by Crippen LogP contribution is 2.13. The monoisotopic (exact) mass is 339 g/mol. The average molecular weight is 339 g/mol. The minimum absolute atomic E-state index is 0.0854. The summed E-state index contributed by atoms with van der Waals surface area (Å²) in [5, 5.41) is 5.40. The van der Waals surface area contributed by atoms with Crippen molar-refractivity contribution in [2.24, 2.45) is 5.73 Å². The molecular formula is C18H17N3O2S. The minimum Gasteiger partial charge on any atom is -0.366 e. The van der Waals surface area contributed by atoms with Crippen LogP contribution in [0.25, 0.3) is 6.08 Å². The van der Waals surface area contributed by atoms with E-state index in [0.29, 0.717) is 11.3 Å². The van der Waals surface area contributed by atoms with E-state index in [2.05, 4.69) is 10.6 Å². The number of thiocarbonyl (C=S) groups is 1. The first-order chi connectivity index (χ1) is 11.5. The maximum Gasteiger partial charge on any atom is 0.250 e. The van der Waals surface area contributed by atoms with Crippen LogP contribution < -0.4 is 16.4 Å². The smallest absolute Gasteiger partial charge is 0.250 e. The number of para-hydroxylation sites is 1. The van der Waals surface area contributed by atoms with E-state index in [-0.39, 0.29) is 11.0 Å². The number of nitrogens with two attached hydrogens (primary N) is 1. The molecule has 122 valence electrons. The molecule has 2 aromatic carbocycles. The molecule has 5 nitrogen and oxygen atoms in total. The lowest BCUT2D eigenvalue weighted by atomic mass is 10.1. The van der Waals surface area contributed by atoms with Crippen molar-refractivity contribution in [1.82, 2.24) is 5.32 Å². The second-order valence-corrected chi connectivity index (χ2v) is 5.51. The molecule has 0 bridgehead atoms. The summed E-state index contributed by atoms with van der Waals surface area (Å²) in [6.07, 6.45) is 3.08. The Balaban J connectivity index is 1.96. The van der Waals surface area contributed by atoms with Crippen LogP contribution in [0.2, 0.25) is 0 Å². The summed E-state index contributed by atoms with van der Waals surface area (Å²) in [6, 6.07) is 14.4. The molecule has 0 aromatic heterocycles. The third-order valence-corrected chi connectivity index (χ3v) is 3.39. The SMILES string of the molecule is Cc1ccc(/C=C/C(=O)NC(=S)Nc2ccccc2C(N)=O)cc1. The van der Waals surface area contributed by atoms with Gasteiger partial charge in [-0.2, -0.15) is 0 Å².